The fourth-order valence-corrected chi connectivity index (χ4v) is 2.30. The Kier molecular flexibility index (Phi) is 2.76. The number of rotatable bonds is 2. The van der Waals surface area contributed by atoms with E-state index < -0.39 is 0 Å². The molecule has 94 valence electrons. The number of aromatic amines is 1. The molecule has 0 bridgehead atoms. The summed E-state index contributed by atoms with van der Waals surface area (Å²) in [6.45, 7) is 2.91. The van der Waals surface area contributed by atoms with Crippen molar-refractivity contribution in [3.63, 3.8) is 0 Å². The van der Waals surface area contributed by atoms with Gasteiger partial charge in [-0.15, -0.1) is 0 Å². The summed E-state index contributed by atoms with van der Waals surface area (Å²) < 4.78 is 1.13. The molecule has 1 saturated heterocycles. The third kappa shape index (κ3) is 1.97. The summed E-state index contributed by atoms with van der Waals surface area (Å²) in [5.41, 5.74) is 2.66. The van der Waals surface area contributed by atoms with Gasteiger partial charge in [0.1, 0.15) is 5.82 Å². The lowest BCUT2D eigenvalue weighted by Crippen LogP contribution is -2.33. The number of nitrogens with one attached hydrogen (secondary N) is 2. The van der Waals surface area contributed by atoms with E-state index in [0.29, 0.717) is 6.04 Å². The predicted molar refractivity (Wildman–Crippen MR) is 66.1 cm³/mol. The fraction of sp³-hybridized carbons (Fsp3) is 0.385. The Balaban J connectivity index is 1.89. The lowest BCUT2D eigenvalue weighted by molar-refractivity contribution is -0.908. The third-order valence-corrected chi connectivity index (χ3v) is 3.42. The van der Waals surface area contributed by atoms with Crippen LogP contribution in [0.3, 0.4) is 0 Å². The molecule has 2 aromatic heterocycles. The van der Waals surface area contributed by atoms with Crippen molar-refractivity contribution in [1.29, 1.82) is 0 Å². The molecule has 1 unspecified atom stereocenters. The summed E-state index contributed by atoms with van der Waals surface area (Å²) in [7, 11) is 0. The smallest absolute Gasteiger partial charge is 0.231 e. The molecule has 1 fully saturated rings. The molecule has 1 atom stereocenters. The Morgan fingerprint density at radius 1 is 1.44 bits per heavy atom. The van der Waals surface area contributed by atoms with E-state index in [9.17, 15) is 5.21 Å². The molecule has 3 heterocycles. The van der Waals surface area contributed by atoms with Crippen LogP contribution in [-0.4, -0.2) is 21.7 Å². The first-order valence-corrected chi connectivity index (χ1v) is 6.24. The second kappa shape index (κ2) is 4.42. The lowest BCUT2D eigenvalue weighted by atomic mass is 10.2. The maximum atomic E-state index is 9.65. The molecule has 1 aliphatic rings. The van der Waals surface area contributed by atoms with Crippen molar-refractivity contribution in [2.24, 2.45) is 0 Å². The van der Waals surface area contributed by atoms with E-state index in [-0.39, 0.29) is 0 Å². The second-order valence-electron chi connectivity index (χ2n) is 4.73. The van der Waals surface area contributed by atoms with Crippen molar-refractivity contribution in [3.8, 4) is 11.3 Å². The maximum Gasteiger partial charge on any atom is 0.231 e. The molecule has 0 spiro atoms. The molecule has 18 heavy (non-hydrogen) atoms. The van der Waals surface area contributed by atoms with Crippen molar-refractivity contribution in [2.45, 2.75) is 25.8 Å². The molecule has 3 rings (SSSR count). The minimum Gasteiger partial charge on any atom is -0.340 e. The zero-order valence-electron chi connectivity index (χ0n) is 10.3. The zero-order chi connectivity index (χ0) is 12.5. The number of H-pyrrole nitrogens is 1. The molecule has 3 N–H and O–H groups in total. The van der Waals surface area contributed by atoms with Gasteiger partial charge in [0.05, 0.1) is 23.5 Å². The van der Waals surface area contributed by atoms with E-state index in [2.05, 4.69) is 15.3 Å². The lowest BCUT2D eigenvalue weighted by Gasteiger charge is -2.05. The highest BCUT2D eigenvalue weighted by Gasteiger charge is 2.19. The van der Waals surface area contributed by atoms with Crippen molar-refractivity contribution >= 4 is 0 Å². The van der Waals surface area contributed by atoms with Gasteiger partial charge in [0, 0.05) is 17.7 Å². The van der Waals surface area contributed by atoms with Gasteiger partial charge in [0.25, 0.3) is 0 Å². The van der Waals surface area contributed by atoms with E-state index in [0.717, 1.165) is 40.5 Å². The first-order valence-electron chi connectivity index (χ1n) is 6.24. The first-order chi connectivity index (χ1) is 8.74. The highest BCUT2D eigenvalue weighted by Crippen LogP contribution is 2.23. The molecular formula is C13H17N4O+. The molecule has 0 radical (unpaired) electrons. The van der Waals surface area contributed by atoms with Crippen LogP contribution in [0.25, 0.3) is 11.3 Å². The average Bonchev–Trinajstić information content (AvgIpc) is 3.01. The standard InChI is InChI=1S/C13H17N4O/c1-9-4-5-10(8-17(9)18)12-7-15-13(16-12)11-3-2-6-14-11/h4-5,7-8,11,14,18H,2-3,6H2,1H3,(H,15,16)/q+1. The quantitative estimate of drug-likeness (QED) is 0.552. The van der Waals surface area contributed by atoms with Gasteiger partial charge in [-0.05, 0) is 25.5 Å². The molecule has 5 heteroatoms. The number of pyridine rings is 1. The molecule has 0 aromatic carbocycles. The number of hydrogen-bond donors (Lipinski definition) is 3. The van der Waals surface area contributed by atoms with Crippen LogP contribution in [-0.2, 0) is 0 Å². The first kappa shape index (κ1) is 11.2. The third-order valence-electron chi connectivity index (χ3n) is 3.42. The van der Waals surface area contributed by atoms with Crippen molar-refractivity contribution < 1.29 is 9.94 Å². The Morgan fingerprint density at radius 2 is 2.33 bits per heavy atom. The van der Waals surface area contributed by atoms with E-state index >= 15 is 0 Å². The van der Waals surface area contributed by atoms with Crippen LogP contribution in [0.15, 0.2) is 24.5 Å². The van der Waals surface area contributed by atoms with Gasteiger partial charge in [-0.3, -0.25) is 5.21 Å². The molecule has 2 aromatic rings. The maximum absolute atomic E-state index is 9.65. The van der Waals surface area contributed by atoms with Crippen LogP contribution in [0, 0.1) is 6.92 Å². The SMILES string of the molecule is Cc1ccc(-c2cnc(C3CCCN3)[nH]2)c[n+]1O. The summed E-state index contributed by atoms with van der Waals surface area (Å²) >= 11 is 0. The fourth-order valence-electron chi connectivity index (χ4n) is 2.30. The van der Waals surface area contributed by atoms with Crippen LogP contribution in [0.2, 0.25) is 0 Å². The molecule has 5 nitrogen and oxygen atoms in total. The summed E-state index contributed by atoms with van der Waals surface area (Å²) in [5, 5.41) is 13.1. The van der Waals surface area contributed by atoms with Crippen molar-refractivity contribution in [2.75, 3.05) is 6.54 Å². The summed E-state index contributed by atoms with van der Waals surface area (Å²) in [5.74, 6) is 0.979. The average molecular weight is 245 g/mol. The van der Waals surface area contributed by atoms with Gasteiger partial charge in [-0.1, -0.05) is 0 Å². The number of aryl methyl sites for hydroxylation is 1. The Labute approximate surface area is 105 Å². The molecular weight excluding hydrogens is 228 g/mol. The van der Waals surface area contributed by atoms with Gasteiger partial charge in [-0.25, -0.2) is 4.98 Å². The van der Waals surface area contributed by atoms with E-state index in [1.54, 1.807) is 6.20 Å². The Morgan fingerprint density at radius 3 is 3.06 bits per heavy atom. The van der Waals surface area contributed by atoms with E-state index in [4.69, 9.17) is 0 Å². The molecule has 0 aliphatic carbocycles. The monoisotopic (exact) mass is 245 g/mol. The highest BCUT2D eigenvalue weighted by atomic mass is 16.5. The van der Waals surface area contributed by atoms with E-state index in [1.807, 2.05) is 25.3 Å². The Hall–Kier alpha value is -1.88. The van der Waals surface area contributed by atoms with Gasteiger partial charge in [-0.2, -0.15) is 0 Å². The summed E-state index contributed by atoms with van der Waals surface area (Å²) in [6.07, 6.45) is 5.83. The van der Waals surface area contributed by atoms with Crippen LogP contribution in [0.1, 0.15) is 30.4 Å². The molecule has 0 saturated carbocycles. The van der Waals surface area contributed by atoms with Crippen molar-refractivity contribution in [3.05, 3.63) is 36.0 Å². The highest BCUT2D eigenvalue weighted by molar-refractivity contribution is 5.56. The summed E-state index contributed by atoms with van der Waals surface area (Å²) in [6, 6.07) is 4.19. The van der Waals surface area contributed by atoms with Gasteiger partial charge >= 0.3 is 0 Å². The molecule has 1 aliphatic heterocycles. The summed E-state index contributed by atoms with van der Waals surface area (Å²) in [4.78, 5) is 7.74. The number of imidazole rings is 1. The molecule has 0 amide bonds. The minimum atomic E-state index is 0.338. The van der Waals surface area contributed by atoms with Gasteiger partial charge in [0.2, 0.25) is 11.9 Å². The van der Waals surface area contributed by atoms with Gasteiger partial charge < -0.3 is 10.3 Å². The van der Waals surface area contributed by atoms with Crippen LogP contribution in [0.4, 0.5) is 0 Å². The number of aromatic nitrogens is 3. The van der Waals surface area contributed by atoms with E-state index in [1.165, 1.54) is 6.42 Å². The normalized spacial score (nSPS) is 19.3. The topological polar surface area (TPSA) is 64.8 Å². The zero-order valence-corrected chi connectivity index (χ0v) is 10.3. The van der Waals surface area contributed by atoms with Crippen LogP contribution < -0.4 is 10.0 Å². The van der Waals surface area contributed by atoms with Crippen LogP contribution in [0.5, 0.6) is 0 Å². The van der Waals surface area contributed by atoms with Crippen molar-refractivity contribution in [1.82, 2.24) is 15.3 Å². The number of hydrogen-bond acceptors (Lipinski definition) is 3. The second-order valence-corrected chi connectivity index (χ2v) is 4.73. The van der Waals surface area contributed by atoms with Crippen LogP contribution >= 0.6 is 0 Å². The Bertz CT molecular complexity index is 558. The minimum absolute atomic E-state index is 0.338. The largest absolute Gasteiger partial charge is 0.340 e. The number of nitrogens with zero attached hydrogens (tertiary/aromatic N) is 2. The predicted octanol–water partition coefficient (Wildman–Crippen LogP) is 1.33. The van der Waals surface area contributed by atoms with Gasteiger partial charge in [0.15, 0.2) is 0 Å².